The Kier molecular flexibility index (Phi) is 6.21. The Balaban J connectivity index is 1.92. The molecule has 0 unspecified atom stereocenters. The van der Waals surface area contributed by atoms with Crippen molar-refractivity contribution < 1.29 is 14.3 Å². The van der Waals surface area contributed by atoms with Crippen LogP contribution in [0.5, 0.6) is 0 Å². The van der Waals surface area contributed by atoms with Gasteiger partial charge in [0.15, 0.2) is 0 Å². The minimum atomic E-state index is -0.188. The summed E-state index contributed by atoms with van der Waals surface area (Å²) in [5.74, 6) is 0.955. The van der Waals surface area contributed by atoms with E-state index in [1.807, 2.05) is 31.2 Å². The summed E-state index contributed by atoms with van der Waals surface area (Å²) in [4.78, 5) is 12.8. The Morgan fingerprint density at radius 2 is 1.96 bits per heavy atom. The van der Waals surface area contributed by atoms with Crippen LogP contribution in [0, 0.1) is 10.5 Å². The lowest BCUT2D eigenvalue weighted by Gasteiger charge is -2.12. The third-order valence-corrected chi connectivity index (χ3v) is 6.81. The highest BCUT2D eigenvalue weighted by molar-refractivity contribution is 14.1. The van der Waals surface area contributed by atoms with Crippen molar-refractivity contribution in [2.24, 2.45) is 0 Å². The first kappa shape index (κ1) is 19.6. The highest BCUT2D eigenvalue weighted by Gasteiger charge is 2.15. The maximum absolute atomic E-state index is 12.8. The molecular weight excluding hydrogens is 577 g/mol. The van der Waals surface area contributed by atoms with Crippen LogP contribution in [0.2, 0.25) is 0 Å². The van der Waals surface area contributed by atoms with Crippen molar-refractivity contribution in [2.45, 2.75) is 13.5 Å². The van der Waals surface area contributed by atoms with Gasteiger partial charge in [0.1, 0.15) is 18.1 Å². The lowest BCUT2D eigenvalue weighted by Crippen LogP contribution is -2.14. The van der Waals surface area contributed by atoms with Crippen LogP contribution in [0.3, 0.4) is 0 Å². The quantitative estimate of drug-likeness (QED) is 0.284. The van der Waals surface area contributed by atoms with Gasteiger partial charge in [-0.15, -0.1) is 0 Å². The van der Waals surface area contributed by atoms with Gasteiger partial charge in [-0.2, -0.15) is 0 Å². The molecule has 1 aromatic heterocycles. The molecule has 1 amide bonds. The highest BCUT2D eigenvalue weighted by atomic mass is 127. The van der Waals surface area contributed by atoms with Crippen molar-refractivity contribution in [2.75, 3.05) is 5.32 Å². The van der Waals surface area contributed by atoms with E-state index in [0.29, 0.717) is 22.8 Å². The number of nitrogens with one attached hydrogen (secondary N) is 1. The van der Waals surface area contributed by atoms with Gasteiger partial charge in [0.2, 0.25) is 0 Å². The molecular formula is C19H14Br2INO3. The number of aliphatic hydroxyl groups excluding tert-OH is 1. The minimum Gasteiger partial charge on any atom is -0.459 e. The minimum absolute atomic E-state index is 0.147. The van der Waals surface area contributed by atoms with Gasteiger partial charge in [0.25, 0.3) is 5.91 Å². The van der Waals surface area contributed by atoms with Crippen molar-refractivity contribution in [3.05, 3.63) is 71.9 Å². The maximum Gasteiger partial charge on any atom is 0.256 e. The molecule has 0 aliphatic rings. The van der Waals surface area contributed by atoms with Crippen LogP contribution >= 0.6 is 54.5 Å². The summed E-state index contributed by atoms with van der Waals surface area (Å²) in [5, 5.41) is 12.1. The topological polar surface area (TPSA) is 62.5 Å². The molecule has 3 rings (SSSR count). The molecule has 0 radical (unpaired) electrons. The molecule has 26 heavy (non-hydrogen) atoms. The van der Waals surface area contributed by atoms with Gasteiger partial charge in [-0.25, -0.2) is 0 Å². The van der Waals surface area contributed by atoms with E-state index in [4.69, 9.17) is 9.52 Å². The van der Waals surface area contributed by atoms with Gasteiger partial charge in [-0.1, -0.05) is 28.1 Å². The zero-order valence-corrected chi connectivity index (χ0v) is 19.0. The van der Waals surface area contributed by atoms with Crippen molar-refractivity contribution >= 4 is 66.0 Å². The summed E-state index contributed by atoms with van der Waals surface area (Å²) in [7, 11) is 0. The molecule has 0 bridgehead atoms. The smallest absolute Gasteiger partial charge is 0.256 e. The maximum atomic E-state index is 12.8. The van der Waals surface area contributed by atoms with Crippen LogP contribution in [-0.2, 0) is 6.61 Å². The molecule has 2 aromatic carbocycles. The van der Waals surface area contributed by atoms with Gasteiger partial charge < -0.3 is 14.8 Å². The lowest BCUT2D eigenvalue weighted by molar-refractivity contribution is 0.102. The number of hydrogen-bond acceptors (Lipinski definition) is 3. The van der Waals surface area contributed by atoms with Crippen LogP contribution in [0.15, 0.2) is 55.8 Å². The summed E-state index contributed by atoms with van der Waals surface area (Å²) in [5.41, 5.74) is 3.06. The number of benzene rings is 2. The van der Waals surface area contributed by atoms with Crippen molar-refractivity contribution in [1.29, 1.82) is 0 Å². The Morgan fingerprint density at radius 1 is 1.19 bits per heavy atom. The van der Waals surface area contributed by atoms with E-state index < -0.39 is 0 Å². The molecule has 0 aliphatic carbocycles. The van der Waals surface area contributed by atoms with Gasteiger partial charge in [-0.05, 0) is 81.3 Å². The number of furan rings is 1. The number of rotatable bonds is 4. The second-order valence-corrected chi connectivity index (χ2v) is 8.51. The SMILES string of the molecule is Cc1ccc(-c2ccc(CO)o2)cc1NC(=O)c1cc(Br)cc(Br)c1I. The zero-order valence-electron chi connectivity index (χ0n) is 13.6. The van der Waals surface area contributed by atoms with E-state index in [1.165, 1.54) is 0 Å². The first-order valence-corrected chi connectivity index (χ1v) is 10.3. The molecule has 3 aromatic rings. The van der Waals surface area contributed by atoms with Crippen LogP contribution < -0.4 is 5.32 Å². The molecule has 0 fully saturated rings. The number of carbonyl (C=O) groups excluding carboxylic acids is 1. The largest absolute Gasteiger partial charge is 0.459 e. The van der Waals surface area contributed by atoms with Crippen molar-refractivity contribution in [3.63, 3.8) is 0 Å². The Labute approximate surface area is 181 Å². The molecule has 0 spiro atoms. The van der Waals surface area contributed by atoms with Gasteiger partial charge in [-0.3, -0.25) is 4.79 Å². The summed E-state index contributed by atoms with van der Waals surface area (Å²) >= 11 is 9.03. The Morgan fingerprint density at radius 3 is 2.65 bits per heavy atom. The second kappa shape index (κ2) is 8.24. The van der Waals surface area contributed by atoms with E-state index >= 15 is 0 Å². The number of halogens is 3. The fraction of sp³-hybridized carbons (Fsp3) is 0.105. The monoisotopic (exact) mass is 589 g/mol. The number of anilines is 1. The predicted molar refractivity (Wildman–Crippen MR) is 117 cm³/mol. The Bertz CT molecular complexity index is 985. The first-order valence-electron chi connectivity index (χ1n) is 7.65. The standard InChI is InChI=1S/C19H14Br2INO3/c1-10-2-3-11(17-5-4-13(9-24)26-17)6-16(10)23-19(25)14-7-12(20)8-15(21)18(14)22/h2-8,24H,9H2,1H3,(H,23,25). The van der Waals surface area contributed by atoms with Crippen LogP contribution in [0.25, 0.3) is 11.3 Å². The lowest BCUT2D eigenvalue weighted by atomic mass is 10.1. The summed E-state index contributed by atoms with van der Waals surface area (Å²) in [6, 6.07) is 12.9. The first-order chi connectivity index (χ1) is 12.4. The fourth-order valence-corrected chi connectivity index (χ4v) is 4.22. The summed E-state index contributed by atoms with van der Waals surface area (Å²) < 4.78 is 8.10. The highest BCUT2D eigenvalue weighted by Crippen LogP contribution is 2.30. The predicted octanol–water partition coefficient (Wildman–Crippen LogP) is 6.13. The number of aliphatic hydroxyl groups is 1. The third kappa shape index (κ3) is 4.21. The number of hydrogen-bond donors (Lipinski definition) is 2. The molecule has 134 valence electrons. The third-order valence-electron chi connectivity index (χ3n) is 3.83. The second-order valence-electron chi connectivity index (χ2n) is 5.66. The fourth-order valence-electron chi connectivity index (χ4n) is 2.44. The zero-order chi connectivity index (χ0) is 18.8. The summed E-state index contributed by atoms with van der Waals surface area (Å²) in [6.45, 7) is 1.79. The molecule has 0 atom stereocenters. The number of carbonyl (C=O) groups is 1. The molecule has 7 heteroatoms. The van der Waals surface area contributed by atoms with E-state index in [9.17, 15) is 4.79 Å². The van der Waals surface area contributed by atoms with Gasteiger partial charge in [0.05, 0.1) is 5.56 Å². The molecule has 0 saturated heterocycles. The van der Waals surface area contributed by atoms with Crippen LogP contribution in [0.1, 0.15) is 21.7 Å². The van der Waals surface area contributed by atoms with E-state index in [2.05, 4.69) is 59.8 Å². The van der Waals surface area contributed by atoms with Gasteiger partial charge in [0, 0.05) is 23.8 Å². The normalized spacial score (nSPS) is 10.8. The summed E-state index contributed by atoms with van der Waals surface area (Å²) in [6.07, 6.45) is 0. The molecule has 1 heterocycles. The van der Waals surface area contributed by atoms with Crippen LogP contribution in [-0.4, -0.2) is 11.0 Å². The Hall–Kier alpha value is -1.16. The van der Waals surface area contributed by atoms with Gasteiger partial charge >= 0.3 is 0 Å². The number of amides is 1. The number of aryl methyl sites for hydroxylation is 1. The molecule has 2 N–H and O–H groups in total. The molecule has 0 saturated carbocycles. The van der Waals surface area contributed by atoms with E-state index in [-0.39, 0.29) is 12.5 Å². The average molecular weight is 591 g/mol. The van der Waals surface area contributed by atoms with E-state index in [1.54, 1.807) is 18.2 Å². The molecule has 0 aliphatic heterocycles. The average Bonchev–Trinajstić information content (AvgIpc) is 3.09. The van der Waals surface area contributed by atoms with Crippen LogP contribution in [0.4, 0.5) is 5.69 Å². The van der Waals surface area contributed by atoms with E-state index in [0.717, 1.165) is 23.6 Å². The van der Waals surface area contributed by atoms with Crippen molar-refractivity contribution in [3.8, 4) is 11.3 Å². The van der Waals surface area contributed by atoms with Crippen molar-refractivity contribution in [1.82, 2.24) is 0 Å². The molecule has 4 nitrogen and oxygen atoms in total.